The second kappa shape index (κ2) is 5.90. The van der Waals surface area contributed by atoms with Gasteiger partial charge in [0.2, 0.25) is 0 Å². The lowest BCUT2D eigenvalue weighted by molar-refractivity contribution is 0.177. The molecule has 100 valence electrons. The van der Waals surface area contributed by atoms with Crippen LogP contribution in [-0.2, 0) is 6.42 Å². The van der Waals surface area contributed by atoms with Crippen molar-refractivity contribution in [3.8, 4) is 11.3 Å². The maximum absolute atomic E-state index is 10.1. The highest BCUT2D eigenvalue weighted by Gasteiger charge is 2.12. The molecule has 0 spiro atoms. The molecule has 0 radical (unpaired) electrons. The third-order valence-electron chi connectivity index (χ3n) is 2.95. The Morgan fingerprint density at radius 3 is 2.60 bits per heavy atom. The summed E-state index contributed by atoms with van der Waals surface area (Å²) in [5.41, 5.74) is 2.75. The molecule has 2 aromatic heterocycles. The number of aromatic nitrogens is 3. The topological polar surface area (TPSA) is 58.9 Å². The lowest BCUT2D eigenvalue weighted by atomic mass is 10.1. The molecule has 0 saturated heterocycles. The summed E-state index contributed by atoms with van der Waals surface area (Å²) in [4.78, 5) is 12.4. The van der Waals surface area contributed by atoms with E-state index in [1.54, 1.807) is 23.7 Å². The lowest BCUT2D eigenvalue weighted by Gasteiger charge is -2.07. The standard InChI is InChI=1S/C15H13N3OS/c19-14(12-7-16-10-17-8-12)6-15-18-13(9-20-15)11-4-2-1-3-5-11/h1-5,7-10,14,19H,6H2. The van der Waals surface area contributed by atoms with Crippen LogP contribution in [0.2, 0.25) is 0 Å². The number of aliphatic hydroxyl groups is 1. The summed E-state index contributed by atoms with van der Waals surface area (Å²) in [6, 6.07) is 10.0. The van der Waals surface area contributed by atoms with Gasteiger partial charge in [-0.1, -0.05) is 30.3 Å². The number of rotatable bonds is 4. The summed E-state index contributed by atoms with van der Waals surface area (Å²) in [7, 11) is 0. The minimum atomic E-state index is -0.619. The second-order valence-corrected chi connectivity index (χ2v) is 5.33. The summed E-state index contributed by atoms with van der Waals surface area (Å²) in [5, 5.41) is 13.1. The molecule has 1 unspecified atom stereocenters. The molecule has 0 bridgehead atoms. The summed E-state index contributed by atoms with van der Waals surface area (Å²) in [5.74, 6) is 0. The van der Waals surface area contributed by atoms with Gasteiger partial charge in [-0.25, -0.2) is 15.0 Å². The largest absolute Gasteiger partial charge is 0.388 e. The van der Waals surface area contributed by atoms with E-state index in [4.69, 9.17) is 0 Å². The average molecular weight is 283 g/mol. The van der Waals surface area contributed by atoms with Gasteiger partial charge in [-0.15, -0.1) is 11.3 Å². The minimum Gasteiger partial charge on any atom is -0.388 e. The Hall–Kier alpha value is -2.11. The Bertz CT molecular complexity index is 670. The van der Waals surface area contributed by atoms with Crippen LogP contribution in [0.25, 0.3) is 11.3 Å². The molecule has 1 aromatic carbocycles. The van der Waals surface area contributed by atoms with Crippen molar-refractivity contribution in [3.63, 3.8) is 0 Å². The number of aliphatic hydroxyl groups excluding tert-OH is 1. The third kappa shape index (κ3) is 2.89. The summed E-state index contributed by atoms with van der Waals surface area (Å²) < 4.78 is 0. The molecule has 0 saturated carbocycles. The zero-order valence-corrected chi connectivity index (χ0v) is 11.5. The van der Waals surface area contributed by atoms with E-state index < -0.39 is 6.10 Å². The fraction of sp³-hybridized carbons (Fsp3) is 0.133. The fourth-order valence-electron chi connectivity index (χ4n) is 1.91. The normalized spacial score (nSPS) is 12.2. The molecular formula is C15H13N3OS. The summed E-state index contributed by atoms with van der Waals surface area (Å²) in [6.07, 6.45) is 4.57. The molecule has 1 atom stereocenters. The Morgan fingerprint density at radius 1 is 1.10 bits per heavy atom. The van der Waals surface area contributed by atoms with Crippen LogP contribution in [0, 0.1) is 0 Å². The Balaban J connectivity index is 1.75. The highest BCUT2D eigenvalue weighted by atomic mass is 32.1. The molecule has 0 aliphatic carbocycles. The SMILES string of the molecule is OC(Cc1nc(-c2ccccc2)cs1)c1cncnc1. The van der Waals surface area contributed by atoms with Gasteiger partial charge >= 0.3 is 0 Å². The predicted molar refractivity (Wildman–Crippen MR) is 78.2 cm³/mol. The van der Waals surface area contributed by atoms with Crippen molar-refractivity contribution in [2.24, 2.45) is 0 Å². The van der Waals surface area contributed by atoms with E-state index in [1.165, 1.54) is 6.33 Å². The molecule has 4 nitrogen and oxygen atoms in total. The quantitative estimate of drug-likeness (QED) is 0.800. The minimum absolute atomic E-state index is 0.477. The highest BCUT2D eigenvalue weighted by molar-refractivity contribution is 7.09. The van der Waals surface area contributed by atoms with Crippen LogP contribution in [0.5, 0.6) is 0 Å². The maximum Gasteiger partial charge on any atom is 0.115 e. The van der Waals surface area contributed by atoms with Gasteiger partial charge in [0.05, 0.1) is 16.8 Å². The van der Waals surface area contributed by atoms with Gasteiger partial charge in [-0.3, -0.25) is 0 Å². The first-order valence-electron chi connectivity index (χ1n) is 6.26. The number of hydrogen-bond acceptors (Lipinski definition) is 5. The van der Waals surface area contributed by atoms with Crippen molar-refractivity contribution < 1.29 is 5.11 Å². The van der Waals surface area contributed by atoms with Crippen LogP contribution in [0.15, 0.2) is 54.4 Å². The summed E-state index contributed by atoms with van der Waals surface area (Å²) >= 11 is 1.56. The van der Waals surface area contributed by atoms with Crippen LogP contribution >= 0.6 is 11.3 Å². The van der Waals surface area contributed by atoms with E-state index in [0.29, 0.717) is 12.0 Å². The fourth-order valence-corrected chi connectivity index (χ4v) is 2.75. The number of nitrogens with zero attached hydrogens (tertiary/aromatic N) is 3. The molecule has 0 aliphatic heterocycles. The van der Waals surface area contributed by atoms with E-state index in [9.17, 15) is 5.11 Å². The van der Waals surface area contributed by atoms with Gasteiger partial charge in [0.25, 0.3) is 0 Å². The van der Waals surface area contributed by atoms with E-state index in [0.717, 1.165) is 16.3 Å². The zero-order valence-electron chi connectivity index (χ0n) is 10.7. The first-order chi connectivity index (χ1) is 9.83. The van der Waals surface area contributed by atoms with Crippen LogP contribution in [-0.4, -0.2) is 20.1 Å². The summed E-state index contributed by atoms with van der Waals surface area (Å²) in [6.45, 7) is 0. The van der Waals surface area contributed by atoms with E-state index in [1.807, 2.05) is 35.7 Å². The van der Waals surface area contributed by atoms with E-state index in [2.05, 4.69) is 15.0 Å². The molecular weight excluding hydrogens is 270 g/mol. The molecule has 3 rings (SSSR count). The highest BCUT2D eigenvalue weighted by Crippen LogP contribution is 2.24. The van der Waals surface area contributed by atoms with Crippen molar-refractivity contribution >= 4 is 11.3 Å². The molecule has 20 heavy (non-hydrogen) atoms. The van der Waals surface area contributed by atoms with Crippen LogP contribution in [0.1, 0.15) is 16.7 Å². The van der Waals surface area contributed by atoms with Crippen molar-refractivity contribution in [2.75, 3.05) is 0 Å². The number of hydrogen-bond donors (Lipinski definition) is 1. The van der Waals surface area contributed by atoms with Crippen LogP contribution in [0.4, 0.5) is 0 Å². The predicted octanol–water partition coefficient (Wildman–Crippen LogP) is 2.88. The maximum atomic E-state index is 10.1. The van der Waals surface area contributed by atoms with Gasteiger partial charge in [0.1, 0.15) is 6.33 Å². The van der Waals surface area contributed by atoms with Gasteiger partial charge in [0.15, 0.2) is 0 Å². The van der Waals surface area contributed by atoms with Crippen molar-refractivity contribution in [1.29, 1.82) is 0 Å². The Labute approximate surface area is 120 Å². The molecule has 3 aromatic rings. The first kappa shape index (κ1) is 12.9. The monoisotopic (exact) mass is 283 g/mol. The zero-order chi connectivity index (χ0) is 13.8. The Kier molecular flexibility index (Phi) is 3.80. The molecule has 2 heterocycles. The van der Waals surface area contributed by atoms with Gasteiger partial charge in [0, 0.05) is 35.3 Å². The molecule has 0 fully saturated rings. The van der Waals surface area contributed by atoms with Crippen molar-refractivity contribution in [2.45, 2.75) is 12.5 Å². The van der Waals surface area contributed by atoms with E-state index >= 15 is 0 Å². The van der Waals surface area contributed by atoms with Gasteiger partial charge < -0.3 is 5.11 Å². The number of thiazole rings is 1. The second-order valence-electron chi connectivity index (χ2n) is 4.38. The van der Waals surface area contributed by atoms with Gasteiger partial charge in [-0.05, 0) is 0 Å². The first-order valence-corrected chi connectivity index (χ1v) is 7.13. The van der Waals surface area contributed by atoms with E-state index in [-0.39, 0.29) is 0 Å². The molecule has 0 amide bonds. The molecule has 1 N–H and O–H groups in total. The van der Waals surface area contributed by atoms with Gasteiger partial charge in [-0.2, -0.15) is 0 Å². The van der Waals surface area contributed by atoms with Crippen molar-refractivity contribution in [1.82, 2.24) is 15.0 Å². The molecule has 5 heteroatoms. The average Bonchev–Trinajstić information content (AvgIpc) is 2.97. The smallest absolute Gasteiger partial charge is 0.115 e. The third-order valence-corrected chi connectivity index (χ3v) is 3.83. The van der Waals surface area contributed by atoms with Crippen LogP contribution in [0.3, 0.4) is 0 Å². The number of benzene rings is 1. The van der Waals surface area contributed by atoms with Crippen molar-refractivity contribution in [3.05, 3.63) is 65.0 Å². The Morgan fingerprint density at radius 2 is 1.85 bits per heavy atom. The molecule has 0 aliphatic rings. The van der Waals surface area contributed by atoms with Crippen LogP contribution < -0.4 is 0 Å². The lowest BCUT2D eigenvalue weighted by Crippen LogP contribution is -2.02.